The minimum Gasteiger partial charge on any atom is -0.389 e. The van der Waals surface area contributed by atoms with Crippen LogP contribution in [0.2, 0.25) is 0 Å². The molecule has 6 atom stereocenters. The molecule has 1 aliphatic rings. The lowest BCUT2D eigenvalue weighted by Gasteiger charge is -2.40. The molecule has 1 saturated carbocycles. The molecule has 0 aromatic heterocycles. The molecule has 0 radical (unpaired) electrons. The smallest absolute Gasteiger partial charge is 0.133 e. The summed E-state index contributed by atoms with van der Waals surface area (Å²) >= 11 is 0.552. The minimum absolute atomic E-state index is 0.552. The van der Waals surface area contributed by atoms with Gasteiger partial charge in [0.1, 0.15) is 23.7 Å². The fourth-order valence-corrected chi connectivity index (χ4v) is 2.12. The van der Waals surface area contributed by atoms with Gasteiger partial charge >= 0.3 is 0 Å². The average molecular weight is 221 g/mol. The van der Waals surface area contributed by atoms with Crippen molar-refractivity contribution in [1.82, 2.24) is 0 Å². The first-order valence-corrected chi connectivity index (χ1v) is 4.83. The summed E-state index contributed by atoms with van der Waals surface area (Å²) in [5, 5.41) is 55.4. The largest absolute Gasteiger partial charge is 0.389 e. The molecular formula is C7H11NO5S. The van der Waals surface area contributed by atoms with Crippen LogP contribution >= 0.6 is 11.8 Å². The SMILES string of the molecule is N#CSC1[C@@H](O)[C@H](O)C(O)[C@@H](O)[C@H]1O. The highest BCUT2D eigenvalue weighted by Gasteiger charge is 2.48. The summed E-state index contributed by atoms with van der Waals surface area (Å²) in [6, 6.07) is 0. The first-order chi connectivity index (χ1) is 6.50. The van der Waals surface area contributed by atoms with Crippen LogP contribution in [0.15, 0.2) is 0 Å². The number of hydrogen-bond donors (Lipinski definition) is 5. The summed E-state index contributed by atoms with van der Waals surface area (Å²) in [6.45, 7) is 0. The highest BCUT2D eigenvalue weighted by Crippen LogP contribution is 2.29. The van der Waals surface area contributed by atoms with Gasteiger partial charge in [0.2, 0.25) is 0 Å². The topological polar surface area (TPSA) is 125 Å². The van der Waals surface area contributed by atoms with Crippen LogP contribution in [0.3, 0.4) is 0 Å². The van der Waals surface area contributed by atoms with E-state index in [1.54, 1.807) is 5.40 Å². The fraction of sp³-hybridized carbons (Fsp3) is 0.857. The van der Waals surface area contributed by atoms with E-state index >= 15 is 0 Å². The van der Waals surface area contributed by atoms with Crippen molar-refractivity contribution in [2.75, 3.05) is 0 Å². The number of aliphatic hydroxyl groups excluding tert-OH is 5. The summed E-state index contributed by atoms with van der Waals surface area (Å²) in [5.74, 6) is 0. The molecule has 0 bridgehead atoms. The average Bonchev–Trinajstić information content (AvgIpc) is 2.19. The van der Waals surface area contributed by atoms with Gasteiger partial charge in [0.05, 0.1) is 17.5 Å². The van der Waals surface area contributed by atoms with Gasteiger partial charge < -0.3 is 25.5 Å². The Bertz CT molecular complexity index is 229. The lowest BCUT2D eigenvalue weighted by molar-refractivity contribution is -0.172. The second kappa shape index (κ2) is 4.44. The lowest BCUT2D eigenvalue weighted by Crippen LogP contribution is -2.62. The summed E-state index contributed by atoms with van der Waals surface area (Å²) in [5.41, 5.74) is 0. The van der Waals surface area contributed by atoms with Gasteiger partial charge in [-0.25, -0.2) is 0 Å². The highest BCUT2D eigenvalue weighted by molar-refractivity contribution is 8.04. The van der Waals surface area contributed by atoms with Crippen molar-refractivity contribution >= 4 is 11.8 Å². The summed E-state index contributed by atoms with van der Waals surface area (Å²) < 4.78 is 0. The molecule has 1 fully saturated rings. The Kier molecular flexibility index (Phi) is 3.71. The van der Waals surface area contributed by atoms with Gasteiger partial charge in [-0.05, 0) is 11.8 Å². The normalized spacial score (nSPS) is 48.6. The molecule has 0 heterocycles. The van der Waals surface area contributed by atoms with Crippen molar-refractivity contribution in [3.8, 4) is 5.40 Å². The molecule has 14 heavy (non-hydrogen) atoms. The van der Waals surface area contributed by atoms with Crippen molar-refractivity contribution in [3.05, 3.63) is 0 Å². The zero-order chi connectivity index (χ0) is 10.9. The maximum absolute atomic E-state index is 9.37. The summed E-state index contributed by atoms with van der Waals surface area (Å²) in [6.07, 6.45) is -7.59. The van der Waals surface area contributed by atoms with E-state index in [9.17, 15) is 20.4 Å². The summed E-state index contributed by atoms with van der Waals surface area (Å²) in [7, 11) is 0. The summed E-state index contributed by atoms with van der Waals surface area (Å²) in [4.78, 5) is 0. The number of aliphatic hydroxyl groups is 5. The first-order valence-electron chi connectivity index (χ1n) is 3.95. The van der Waals surface area contributed by atoms with E-state index in [4.69, 9.17) is 10.4 Å². The second-order valence-corrected chi connectivity index (χ2v) is 4.09. The molecule has 0 saturated heterocycles. The van der Waals surface area contributed by atoms with Crippen molar-refractivity contribution in [1.29, 1.82) is 5.26 Å². The molecule has 0 aliphatic heterocycles. The van der Waals surface area contributed by atoms with E-state index in [0.717, 1.165) is 0 Å². The van der Waals surface area contributed by atoms with Crippen LogP contribution in [0.1, 0.15) is 0 Å². The Morgan fingerprint density at radius 2 is 1.14 bits per heavy atom. The van der Waals surface area contributed by atoms with Gasteiger partial charge in [0.25, 0.3) is 0 Å². The van der Waals surface area contributed by atoms with Crippen LogP contribution in [-0.4, -0.2) is 61.3 Å². The van der Waals surface area contributed by atoms with E-state index in [1.807, 2.05) is 0 Å². The molecule has 1 aliphatic carbocycles. The molecule has 1 rings (SSSR count). The molecule has 5 N–H and O–H groups in total. The van der Waals surface area contributed by atoms with Gasteiger partial charge in [0.15, 0.2) is 0 Å². The Labute approximate surface area is 84.4 Å². The van der Waals surface area contributed by atoms with Crippen LogP contribution < -0.4 is 0 Å². The van der Waals surface area contributed by atoms with Gasteiger partial charge in [-0.15, -0.1) is 0 Å². The fourth-order valence-electron chi connectivity index (χ4n) is 1.40. The molecule has 80 valence electrons. The maximum Gasteiger partial charge on any atom is 0.133 e. The third-order valence-corrected chi connectivity index (χ3v) is 3.20. The van der Waals surface area contributed by atoms with E-state index in [1.165, 1.54) is 0 Å². The van der Waals surface area contributed by atoms with Crippen molar-refractivity contribution in [2.45, 2.75) is 35.8 Å². The first kappa shape index (κ1) is 11.7. The van der Waals surface area contributed by atoms with Crippen LogP contribution in [0.5, 0.6) is 0 Å². The van der Waals surface area contributed by atoms with Crippen LogP contribution in [0, 0.1) is 10.7 Å². The lowest BCUT2D eigenvalue weighted by atomic mass is 9.87. The molecule has 7 heteroatoms. The molecule has 0 spiro atoms. The zero-order valence-corrected chi connectivity index (χ0v) is 7.87. The van der Waals surface area contributed by atoms with E-state index in [2.05, 4.69) is 0 Å². The monoisotopic (exact) mass is 221 g/mol. The van der Waals surface area contributed by atoms with Crippen molar-refractivity contribution in [2.24, 2.45) is 0 Å². The predicted octanol–water partition coefficient (Wildman–Crippen LogP) is -2.61. The standard InChI is InChI=1S/C7H11NO5S/c8-1-14-7-5(12)3(10)2(9)4(11)6(7)13/h2-7,9-13H/t2?,3-,4-,5-,6+,7?/m1/s1. The maximum atomic E-state index is 9.37. The van der Waals surface area contributed by atoms with Gasteiger partial charge in [-0.3, -0.25) is 0 Å². The number of nitrogens with zero attached hydrogens (tertiary/aromatic N) is 1. The van der Waals surface area contributed by atoms with E-state index in [0.29, 0.717) is 11.8 Å². The Hall–Kier alpha value is -0.360. The third kappa shape index (κ3) is 1.86. The molecule has 2 unspecified atom stereocenters. The third-order valence-electron chi connectivity index (χ3n) is 2.26. The highest BCUT2D eigenvalue weighted by atomic mass is 32.2. The second-order valence-electron chi connectivity index (χ2n) is 3.13. The van der Waals surface area contributed by atoms with E-state index in [-0.39, 0.29) is 0 Å². The molecule has 6 nitrogen and oxygen atoms in total. The van der Waals surface area contributed by atoms with Crippen LogP contribution in [-0.2, 0) is 0 Å². The molecular weight excluding hydrogens is 210 g/mol. The Morgan fingerprint density at radius 3 is 1.50 bits per heavy atom. The number of thiocyanates is 1. The van der Waals surface area contributed by atoms with Gasteiger partial charge in [-0.1, -0.05) is 0 Å². The van der Waals surface area contributed by atoms with Crippen molar-refractivity contribution < 1.29 is 25.5 Å². The van der Waals surface area contributed by atoms with Crippen molar-refractivity contribution in [3.63, 3.8) is 0 Å². The number of rotatable bonds is 1. The molecule has 0 aromatic carbocycles. The quantitative estimate of drug-likeness (QED) is 0.307. The minimum atomic E-state index is -1.60. The van der Waals surface area contributed by atoms with Crippen LogP contribution in [0.25, 0.3) is 0 Å². The molecule has 0 aromatic rings. The van der Waals surface area contributed by atoms with Crippen LogP contribution in [0.4, 0.5) is 0 Å². The molecule has 0 amide bonds. The van der Waals surface area contributed by atoms with Gasteiger partial charge in [0, 0.05) is 0 Å². The predicted molar refractivity (Wildman–Crippen MR) is 47.0 cm³/mol. The van der Waals surface area contributed by atoms with Gasteiger partial charge in [-0.2, -0.15) is 5.26 Å². The number of nitriles is 1. The Morgan fingerprint density at radius 1 is 0.786 bits per heavy atom. The Balaban J connectivity index is 2.81. The zero-order valence-electron chi connectivity index (χ0n) is 7.06. The number of hydrogen-bond acceptors (Lipinski definition) is 7. The number of thioether (sulfide) groups is 1. The van der Waals surface area contributed by atoms with E-state index < -0.39 is 35.8 Å².